The van der Waals surface area contributed by atoms with Gasteiger partial charge in [0.05, 0.1) is 0 Å². The molecule has 1 heterocycles. The molecule has 6 heteroatoms. The lowest BCUT2D eigenvalue weighted by molar-refractivity contribution is -0.624. The van der Waals surface area contributed by atoms with E-state index in [9.17, 15) is 20.3 Å². The first kappa shape index (κ1) is 12.4. The fourth-order valence-corrected chi connectivity index (χ4v) is 1.57. The Labute approximate surface area is 92.9 Å². The summed E-state index contributed by atoms with van der Waals surface area (Å²) >= 11 is 0. The minimum Gasteiger partial charge on any atom is -0.616 e. The summed E-state index contributed by atoms with van der Waals surface area (Å²) in [6, 6.07) is 0. The molecule has 0 aliphatic heterocycles. The molecule has 0 aromatic carbocycles. The molecule has 1 aromatic heterocycles. The Hall–Kier alpha value is -1.72. The summed E-state index contributed by atoms with van der Waals surface area (Å²) < 4.78 is 0.585. The minimum atomic E-state index is -0.752. The lowest BCUT2D eigenvalue weighted by atomic mass is 10.2. The van der Waals surface area contributed by atoms with Gasteiger partial charge in [-0.3, -0.25) is 4.79 Å². The number of aromatic hydroxyl groups is 1. The predicted molar refractivity (Wildman–Crippen MR) is 56.5 cm³/mol. The molecule has 0 unspecified atom stereocenters. The maximum absolute atomic E-state index is 11.6. The van der Waals surface area contributed by atoms with Gasteiger partial charge in [0, 0.05) is 12.8 Å². The highest BCUT2D eigenvalue weighted by Crippen LogP contribution is 2.11. The van der Waals surface area contributed by atoms with Gasteiger partial charge in [0.1, 0.15) is 0 Å². The van der Waals surface area contributed by atoms with Crippen molar-refractivity contribution in [2.45, 2.75) is 39.5 Å². The SMILES string of the molecule is CCCc1c(O)[n+]([O-])c(CCC)c(=O)n1O. The van der Waals surface area contributed by atoms with Crippen molar-refractivity contribution in [2.24, 2.45) is 0 Å². The number of hydrogen-bond donors (Lipinski definition) is 2. The van der Waals surface area contributed by atoms with Crippen LogP contribution < -0.4 is 10.3 Å². The highest BCUT2D eigenvalue weighted by molar-refractivity contribution is 5.13. The topological polar surface area (TPSA) is 89.4 Å². The summed E-state index contributed by atoms with van der Waals surface area (Å²) in [4.78, 5) is 11.6. The molecule has 0 bridgehead atoms. The van der Waals surface area contributed by atoms with E-state index in [-0.39, 0.29) is 29.0 Å². The Morgan fingerprint density at radius 2 is 1.88 bits per heavy atom. The summed E-state index contributed by atoms with van der Waals surface area (Å²) in [5, 5.41) is 30.7. The maximum Gasteiger partial charge on any atom is 0.401 e. The Kier molecular flexibility index (Phi) is 3.76. The maximum atomic E-state index is 11.6. The summed E-state index contributed by atoms with van der Waals surface area (Å²) in [5.41, 5.74) is -0.928. The van der Waals surface area contributed by atoms with Crippen molar-refractivity contribution in [1.82, 2.24) is 4.73 Å². The van der Waals surface area contributed by atoms with Crippen molar-refractivity contribution in [1.29, 1.82) is 0 Å². The highest BCUT2D eigenvalue weighted by Gasteiger charge is 2.24. The van der Waals surface area contributed by atoms with Crippen molar-refractivity contribution in [3.63, 3.8) is 0 Å². The quantitative estimate of drug-likeness (QED) is 0.441. The fourth-order valence-electron chi connectivity index (χ4n) is 1.57. The smallest absolute Gasteiger partial charge is 0.401 e. The third-order valence-electron chi connectivity index (χ3n) is 2.36. The average molecular weight is 228 g/mol. The van der Waals surface area contributed by atoms with Crippen LogP contribution in [0.15, 0.2) is 4.79 Å². The molecule has 0 aliphatic rings. The van der Waals surface area contributed by atoms with Gasteiger partial charge in [-0.25, -0.2) is 0 Å². The van der Waals surface area contributed by atoms with E-state index in [0.29, 0.717) is 17.6 Å². The van der Waals surface area contributed by atoms with Gasteiger partial charge in [0.15, 0.2) is 5.69 Å². The standard InChI is InChI=1S/C10H16N2O4/c1-3-5-7-9(13)12(16)8(6-4-2)10(14)11(7)15/h13,15H,3-6H2,1-2H3. The van der Waals surface area contributed by atoms with Crippen molar-refractivity contribution in [3.8, 4) is 5.88 Å². The molecule has 0 radical (unpaired) electrons. The summed E-state index contributed by atoms with van der Waals surface area (Å²) in [6.07, 6.45) is 1.69. The van der Waals surface area contributed by atoms with Crippen molar-refractivity contribution in [3.05, 3.63) is 26.9 Å². The first-order chi connectivity index (χ1) is 7.54. The second-order valence-corrected chi connectivity index (χ2v) is 3.63. The molecule has 0 amide bonds. The summed E-state index contributed by atoms with van der Waals surface area (Å²) in [7, 11) is 0. The molecule has 16 heavy (non-hydrogen) atoms. The van der Waals surface area contributed by atoms with E-state index in [1.165, 1.54) is 0 Å². The average Bonchev–Trinajstić information content (AvgIpc) is 2.28. The zero-order valence-electron chi connectivity index (χ0n) is 9.43. The Balaban J connectivity index is 3.44. The van der Waals surface area contributed by atoms with Crippen LogP contribution in [0.4, 0.5) is 0 Å². The second-order valence-electron chi connectivity index (χ2n) is 3.63. The molecule has 1 aromatic rings. The lowest BCUT2D eigenvalue weighted by Crippen LogP contribution is -2.44. The van der Waals surface area contributed by atoms with Crippen LogP contribution in [-0.4, -0.2) is 15.0 Å². The zero-order valence-corrected chi connectivity index (χ0v) is 9.43. The van der Waals surface area contributed by atoms with Crippen molar-refractivity contribution < 1.29 is 15.0 Å². The van der Waals surface area contributed by atoms with E-state index in [1.54, 1.807) is 6.92 Å². The van der Waals surface area contributed by atoms with E-state index in [2.05, 4.69) is 0 Å². The molecule has 0 atom stereocenters. The first-order valence-corrected chi connectivity index (χ1v) is 5.33. The van der Waals surface area contributed by atoms with Gasteiger partial charge >= 0.3 is 11.4 Å². The van der Waals surface area contributed by atoms with Gasteiger partial charge in [-0.05, 0) is 6.42 Å². The van der Waals surface area contributed by atoms with E-state index < -0.39 is 11.4 Å². The fraction of sp³-hybridized carbons (Fsp3) is 0.600. The van der Waals surface area contributed by atoms with Gasteiger partial charge in [-0.15, -0.1) is 9.46 Å². The molecule has 0 spiro atoms. The van der Waals surface area contributed by atoms with Gasteiger partial charge in [-0.1, -0.05) is 20.3 Å². The second kappa shape index (κ2) is 4.87. The van der Waals surface area contributed by atoms with E-state index in [0.717, 1.165) is 0 Å². The molecule has 6 nitrogen and oxygen atoms in total. The van der Waals surface area contributed by atoms with Crippen molar-refractivity contribution >= 4 is 0 Å². The first-order valence-electron chi connectivity index (χ1n) is 5.33. The van der Waals surface area contributed by atoms with Crippen LogP contribution in [0.5, 0.6) is 5.88 Å². The molecule has 0 saturated carbocycles. The molecule has 90 valence electrons. The van der Waals surface area contributed by atoms with Crippen LogP contribution in [0.1, 0.15) is 38.1 Å². The monoisotopic (exact) mass is 228 g/mol. The third-order valence-corrected chi connectivity index (χ3v) is 2.36. The lowest BCUT2D eigenvalue weighted by Gasteiger charge is -2.10. The van der Waals surface area contributed by atoms with E-state index >= 15 is 0 Å². The molecule has 0 aliphatic carbocycles. The van der Waals surface area contributed by atoms with Crippen LogP contribution in [0.3, 0.4) is 0 Å². The van der Waals surface area contributed by atoms with Gasteiger partial charge in [0.2, 0.25) is 0 Å². The van der Waals surface area contributed by atoms with Gasteiger partial charge in [-0.2, -0.15) is 0 Å². The van der Waals surface area contributed by atoms with Crippen LogP contribution in [0.25, 0.3) is 0 Å². The van der Waals surface area contributed by atoms with E-state index in [4.69, 9.17) is 0 Å². The van der Waals surface area contributed by atoms with Crippen LogP contribution in [0, 0.1) is 5.21 Å². The predicted octanol–water partition coefficient (Wildman–Crippen LogP) is 0.330. The molecule has 2 N–H and O–H groups in total. The number of aromatic nitrogens is 2. The largest absolute Gasteiger partial charge is 0.616 e. The summed E-state index contributed by atoms with van der Waals surface area (Å²) in [5.74, 6) is -0.590. The van der Waals surface area contributed by atoms with Crippen LogP contribution in [0.2, 0.25) is 0 Å². The Morgan fingerprint density at radius 1 is 1.31 bits per heavy atom. The van der Waals surface area contributed by atoms with Crippen LogP contribution >= 0.6 is 0 Å². The molecule has 1 rings (SSSR count). The summed E-state index contributed by atoms with van der Waals surface area (Å²) in [6.45, 7) is 3.62. The van der Waals surface area contributed by atoms with Gasteiger partial charge in [0.25, 0.3) is 5.69 Å². The number of nitrogens with zero attached hydrogens (tertiary/aromatic N) is 2. The normalized spacial score (nSPS) is 10.6. The molecular formula is C10H16N2O4. The molecular weight excluding hydrogens is 212 g/mol. The van der Waals surface area contributed by atoms with E-state index in [1.807, 2.05) is 6.92 Å². The Bertz CT molecular complexity index is 439. The van der Waals surface area contributed by atoms with Gasteiger partial charge < -0.3 is 15.5 Å². The molecule has 0 fully saturated rings. The van der Waals surface area contributed by atoms with Crippen LogP contribution in [-0.2, 0) is 12.8 Å². The number of rotatable bonds is 4. The highest BCUT2D eigenvalue weighted by atomic mass is 16.5. The third kappa shape index (κ3) is 1.95. The zero-order chi connectivity index (χ0) is 12.3. The Morgan fingerprint density at radius 3 is 2.38 bits per heavy atom. The number of hydrogen-bond acceptors (Lipinski definition) is 4. The minimum absolute atomic E-state index is 0.0395. The van der Waals surface area contributed by atoms with Crippen molar-refractivity contribution in [2.75, 3.05) is 0 Å². The molecule has 0 saturated heterocycles.